The van der Waals surface area contributed by atoms with E-state index in [1.165, 1.54) is 39.1 Å². The summed E-state index contributed by atoms with van der Waals surface area (Å²) < 4.78 is 2.24. The molecule has 2 aliphatic rings. The average molecular weight is 396 g/mol. The van der Waals surface area contributed by atoms with Gasteiger partial charge in [0.2, 0.25) is 0 Å². The molecule has 8 rings (SSSR count). The van der Waals surface area contributed by atoms with Crippen molar-refractivity contribution in [3.63, 3.8) is 0 Å². The van der Waals surface area contributed by atoms with Crippen molar-refractivity contribution in [1.82, 2.24) is 19.4 Å². The minimum Gasteiger partial charge on any atom is -0.278 e. The molecule has 2 aliphatic carbocycles. The van der Waals surface area contributed by atoms with Crippen molar-refractivity contribution in [2.75, 3.05) is 0 Å². The Bertz CT molecular complexity index is 1740. The minimum absolute atomic E-state index is 0.868. The lowest BCUT2D eigenvalue weighted by Crippen LogP contribution is -1.99. The molecule has 6 aromatic rings. The molecule has 0 amide bonds. The number of pyridine rings is 3. The van der Waals surface area contributed by atoms with Crippen LogP contribution in [0.3, 0.4) is 0 Å². The SMILES string of the molecule is c1ccc2c(c1)Cc1ccc3c(c1-2)Cc1c-3nc2c3ncccc3c3cccnc3n12. The zero-order valence-corrected chi connectivity index (χ0v) is 16.6. The molecule has 0 radical (unpaired) electrons. The van der Waals surface area contributed by atoms with E-state index in [1.807, 2.05) is 24.5 Å². The highest BCUT2D eigenvalue weighted by Crippen LogP contribution is 2.48. The van der Waals surface area contributed by atoms with Crippen LogP contribution in [-0.4, -0.2) is 19.4 Å². The molecule has 0 aliphatic heterocycles. The van der Waals surface area contributed by atoms with Gasteiger partial charge in [0.1, 0.15) is 11.2 Å². The van der Waals surface area contributed by atoms with E-state index in [-0.39, 0.29) is 0 Å². The topological polar surface area (TPSA) is 43.1 Å². The molecule has 31 heavy (non-hydrogen) atoms. The lowest BCUT2D eigenvalue weighted by Gasteiger charge is -2.10. The van der Waals surface area contributed by atoms with Crippen molar-refractivity contribution in [1.29, 1.82) is 0 Å². The van der Waals surface area contributed by atoms with E-state index in [0.29, 0.717) is 0 Å². The van der Waals surface area contributed by atoms with Gasteiger partial charge in [0, 0.05) is 35.2 Å². The Kier molecular flexibility index (Phi) is 2.72. The van der Waals surface area contributed by atoms with Crippen LogP contribution >= 0.6 is 0 Å². The Balaban J connectivity index is 1.50. The van der Waals surface area contributed by atoms with Crippen LogP contribution in [0.5, 0.6) is 0 Å². The Morgan fingerprint density at radius 3 is 2.52 bits per heavy atom. The number of nitrogens with zero attached hydrogens (tertiary/aromatic N) is 4. The van der Waals surface area contributed by atoms with Gasteiger partial charge in [-0.25, -0.2) is 9.97 Å². The lowest BCUT2D eigenvalue weighted by atomic mass is 9.96. The lowest BCUT2D eigenvalue weighted by molar-refractivity contribution is 1.07. The first-order chi connectivity index (χ1) is 15.4. The van der Waals surface area contributed by atoms with Crippen LogP contribution in [0.25, 0.3) is 50.0 Å². The first-order valence-electron chi connectivity index (χ1n) is 10.6. The summed E-state index contributed by atoms with van der Waals surface area (Å²) in [6.45, 7) is 0. The van der Waals surface area contributed by atoms with E-state index in [0.717, 1.165) is 46.1 Å². The summed E-state index contributed by atoms with van der Waals surface area (Å²) in [7, 11) is 0. The molecule has 0 atom stereocenters. The highest BCUT2D eigenvalue weighted by atomic mass is 15.1. The largest absolute Gasteiger partial charge is 0.278 e. The van der Waals surface area contributed by atoms with Gasteiger partial charge in [-0.1, -0.05) is 42.5 Å². The summed E-state index contributed by atoms with van der Waals surface area (Å²) >= 11 is 0. The summed E-state index contributed by atoms with van der Waals surface area (Å²) in [6, 6.07) is 21.6. The summed E-state index contributed by atoms with van der Waals surface area (Å²) in [5, 5.41) is 2.22. The predicted molar refractivity (Wildman–Crippen MR) is 122 cm³/mol. The van der Waals surface area contributed by atoms with E-state index in [9.17, 15) is 0 Å². The Morgan fingerprint density at radius 1 is 0.677 bits per heavy atom. The van der Waals surface area contributed by atoms with Crippen molar-refractivity contribution < 1.29 is 0 Å². The molecule has 0 fully saturated rings. The molecule has 0 bridgehead atoms. The number of aromatic nitrogens is 4. The molecule has 0 spiro atoms. The van der Waals surface area contributed by atoms with Gasteiger partial charge in [-0.2, -0.15) is 0 Å². The third-order valence-corrected chi connectivity index (χ3v) is 6.95. The first kappa shape index (κ1) is 15.7. The molecule has 0 saturated heterocycles. The van der Waals surface area contributed by atoms with Gasteiger partial charge in [0.25, 0.3) is 0 Å². The maximum absolute atomic E-state index is 5.15. The van der Waals surface area contributed by atoms with E-state index in [2.05, 4.69) is 52.9 Å². The van der Waals surface area contributed by atoms with Gasteiger partial charge < -0.3 is 0 Å². The Morgan fingerprint density at radius 2 is 1.55 bits per heavy atom. The van der Waals surface area contributed by atoms with Crippen molar-refractivity contribution >= 4 is 27.6 Å². The fourth-order valence-corrected chi connectivity index (χ4v) is 5.68. The predicted octanol–water partition coefficient (Wildman–Crippen LogP) is 5.57. The smallest absolute Gasteiger partial charge is 0.166 e. The molecule has 0 N–H and O–H groups in total. The van der Waals surface area contributed by atoms with Crippen LogP contribution < -0.4 is 0 Å². The summed E-state index contributed by atoms with van der Waals surface area (Å²) in [5.41, 5.74) is 13.4. The van der Waals surface area contributed by atoms with Crippen LogP contribution in [0.2, 0.25) is 0 Å². The second-order valence-electron chi connectivity index (χ2n) is 8.48. The van der Waals surface area contributed by atoms with Crippen LogP contribution in [0, 0.1) is 0 Å². The highest BCUT2D eigenvalue weighted by Gasteiger charge is 2.32. The highest BCUT2D eigenvalue weighted by molar-refractivity contribution is 6.09. The summed E-state index contributed by atoms with van der Waals surface area (Å²) in [4.78, 5) is 14.6. The zero-order chi connectivity index (χ0) is 20.1. The van der Waals surface area contributed by atoms with Gasteiger partial charge in [0.05, 0.1) is 11.4 Å². The van der Waals surface area contributed by atoms with Crippen molar-refractivity contribution in [2.45, 2.75) is 12.8 Å². The van der Waals surface area contributed by atoms with Crippen LogP contribution in [0.1, 0.15) is 22.4 Å². The second-order valence-corrected chi connectivity index (χ2v) is 8.48. The molecule has 0 saturated carbocycles. The van der Waals surface area contributed by atoms with Crippen molar-refractivity contribution in [3.05, 3.63) is 95.4 Å². The fraction of sp³-hybridized carbons (Fsp3) is 0.0741. The number of rotatable bonds is 0. The van der Waals surface area contributed by atoms with Crippen LogP contribution in [0.4, 0.5) is 0 Å². The fourth-order valence-electron chi connectivity index (χ4n) is 5.68. The monoisotopic (exact) mass is 396 g/mol. The van der Waals surface area contributed by atoms with Crippen LogP contribution in [0.15, 0.2) is 73.1 Å². The molecule has 4 nitrogen and oxygen atoms in total. The molecule has 0 unspecified atom stereocenters. The third kappa shape index (κ3) is 1.84. The quantitative estimate of drug-likeness (QED) is 0.315. The molecule has 2 aromatic carbocycles. The second kappa shape index (κ2) is 5.35. The maximum atomic E-state index is 5.15. The molecular weight excluding hydrogens is 380 g/mol. The standard InChI is InChI=1S/C27H16N4/c1-2-6-17-15(5-1)13-16-9-10-19-21(23(16)17)14-22-24(19)30-27-25-18(7-3-11-28-25)20-8-4-12-29-26(20)31(22)27/h1-12H,13-14H2. The molecule has 4 heteroatoms. The van der Waals surface area contributed by atoms with Gasteiger partial charge in [-0.15, -0.1) is 0 Å². The summed E-state index contributed by atoms with van der Waals surface area (Å²) in [5.74, 6) is 0. The van der Waals surface area contributed by atoms with Gasteiger partial charge in [0.15, 0.2) is 5.65 Å². The molecule has 4 aromatic heterocycles. The maximum Gasteiger partial charge on any atom is 0.166 e. The zero-order valence-electron chi connectivity index (χ0n) is 16.6. The third-order valence-electron chi connectivity index (χ3n) is 6.95. The molecule has 4 heterocycles. The first-order valence-corrected chi connectivity index (χ1v) is 10.6. The van der Waals surface area contributed by atoms with Gasteiger partial charge in [-0.05, 0) is 52.4 Å². The number of hydrogen-bond donors (Lipinski definition) is 0. The number of imidazole rings is 1. The van der Waals surface area contributed by atoms with Crippen molar-refractivity contribution in [3.8, 4) is 22.4 Å². The van der Waals surface area contributed by atoms with E-state index < -0.39 is 0 Å². The normalized spacial score (nSPS) is 13.5. The average Bonchev–Trinajstić information content (AvgIpc) is 3.48. The van der Waals surface area contributed by atoms with Crippen molar-refractivity contribution in [2.24, 2.45) is 0 Å². The molecule has 144 valence electrons. The summed E-state index contributed by atoms with van der Waals surface area (Å²) in [6.07, 6.45) is 5.60. The van der Waals surface area contributed by atoms with Gasteiger partial charge >= 0.3 is 0 Å². The van der Waals surface area contributed by atoms with E-state index in [1.54, 1.807) is 0 Å². The number of fused-ring (bicyclic) bond motifs is 14. The van der Waals surface area contributed by atoms with E-state index >= 15 is 0 Å². The van der Waals surface area contributed by atoms with E-state index in [4.69, 9.17) is 15.0 Å². The Labute approximate surface area is 177 Å². The number of benzene rings is 2. The Hall–Kier alpha value is -4.05. The van der Waals surface area contributed by atoms with Gasteiger partial charge in [-0.3, -0.25) is 9.38 Å². The molecular formula is C27H16N4. The minimum atomic E-state index is 0.868. The van der Waals surface area contributed by atoms with Crippen LogP contribution in [-0.2, 0) is 12.8 Å². The number of hydrogen-bond acceptors (Lipinski definition) is 3.